The van der Waals surface area contributed by atoms with E-state index in [2.05, 4.69) is 0 Å². The Kier molecular flexibility index (Phi) is 8.90. The number of rotatable bonds is 10. The summed E-state index contributed by atoms with van der Waals surface area (Å²) in [7, 11) is 1.56. The van der Waals surface area contributed by atoms with E-state index in [9.17, 15) is 4.79 Å². The molecule has 2 aromatic carbocycles. The molecule has 0 N–H and O–H groups in total. The lowest BCUT2D eigenvalue weighted by Gasteiger charge is -2.20. The van der Waals surface area contributed by atoms with Crippen LogP contribution in [0, 0.1) is 0 Å². The zero-order valence-electron chi connectivity index (χ0n) is 16.2. The van der Waals surface area contributed by atoms with E-state index in [1.54, 1.807) is 32.2 Å². The molecular weight excluding hydrogens is 403 g/mol. The second-order valence-corrected chi connectivity index (χ2v) is 6.71. The molecule has 5 nitrogen and oxygen atoms in total. The molecule has 152 valence electrons. The van der Waals surface area contributed by atoms with Crippen molar-refractivity contribution < 1.29 is 23.7 Å². The van der Waals surface area contributed by atoms with Gasteiger partial charge < -0.3 is 18.9 Å². The molecule has 0 bridgehead atoms. The van der Waals surface area contributed by atoms with Crippen molar-refractivity contribution in [2.45, 2.75) is 33.0 Å². The fourth-order valence-corrected chi connectivity index (χ4v) is 3.00. The molecule has 2 aromatic rings. The third kappa shape index (κ3) is 6.30. The van der Waals surface area contributed by atoms with Gasteiger partial charge in [-0.05, 0) is 43.7 Å². The molecule has 0 saturated carbocycles. The van der Waals surface area contributed by atoms with Crippen LogP contribution < -0.4 is 9.47 Å². The Balaban J connectivity index is 2.14. The Morgan fingerprint density at radius 2 is 1.82 bits per heavy atom. The molecule has 0 aliphatic carbocycles. The minimum atomic E-state index is -0.455. The van der Waals surface area contributed by atoms with E-state index in [-0.39, 0.29) is 12.4 Å². The highest BCUT2D eigenvalue weighted by molar-refractivity contribution is 6.42. The van der Waals surface area contributed by atoms with Crippen LogP contribution in [0.3, 0.4) is 0 Å². The summed E-state index contributed by atoms with van der Waals surface area (Å²) in [6, 6.07) is 10.8. The maximum Gasteiger partial charge on any atom is 0.308 e. The van der Waals surface area contributed by atoms with Gasteiger partial charge in [0.1, 0.15) is 18.1 Å². The van der Waals surface area contributed by atoms with Crippen LogP contribution in [0.2, 0.25) is 10.0 Å². The monoisotopic (exact) mass is 426 g/mol. The van der Waals surface area contributed by atoms with Crippen LogP contribution >= 0.6 is 23.2 Å². The van der Waals surface area contributed by atoms with Crippen molar-refractivity contribution in [3.63, 3.8) is 0 Å². The van der Waals surface area contributed by atoms with Crippen molar-refractivity contribution in [2.24, 2.45) is 0 Å². The number of halogens is 2. The van der Waals surface area contributed by atoms with E-state index in [1.807, 2.05) is 25.1 Å². The second kappa shape index (κ2) is 11.1. The number of hydrogen-bond acceptors (Lipinski definition) is 5. The molecule has 0 amide bonds. The Hall–Kier alpha value is -1.95. The Morgan fingerprint density at radius 3 is 2.46 bits per heavy atom. The smallest absolute Gasteiger partial charge is 0.308 e. The van der Waals surface area contributed by atoms with Gasteiger partial charge in [-0.2, -0.15) is 0 Å². The van der Waals surface area contributed by atoms with Crippen molar-refractivity contribution in [1.29, 1.82) is 0 Å². The average molecular weight is 427 g/mol. The van der Waals surface area contributed by atoms with Gasteiger partial charge in [-0.25, -0.2) is 0 Å². The minimum absolute atomic E-state index is 0.113. The lowest BCUT2D eigenvalue weighted by atomic mass is 10.0. The number of esters is 1. The van der Waals surface area contributed by atoms with E-state index < -0.39 is 6.10 Å². The summed E-state index contributed by atoms with van der Waals surface area (Å²) in [6.07, 6.45) is -0.343. The summed E-state index contributed by atoms with van der Waals surface area (Å²) in [5.74, 6) is 0.885. The predicted molar refractivity (Wildman–Crippen MR) is 109 cm³/mol. The first kappa shape index (κ1) is 22.3. The van der Waals surface area contributed by atoms with E-state index >= 15 is 0 Å². The first-order valence-corrected chi connectivity index (χ1v) is 9.75. The van der Waals surface area contributed by atoms with Gasteiger partial charge in [0.05, 0.1) is 36.3 Å². The molecule has 1 atom stereocenters. The van der Waals surface area contributed by atoms with Gasteiger partial charge in [0.2, 0.25) is 0 Å². The summed E-state index contributed by atoms with van der Waals surface area (Å²) < 4.78 is 22.1. The van der Waals surface area contributed by atoms with E-state index in [1.165, 1.54) is 0 Å². The number of methoxy groups -OCH3 is 1. The maximum absolute atomic E-state index is 11.9. The van der Waals surface area contributed by atoms with Crippen molar-refractivity contribution in [3.05, 3.63) is 57.6 Å². The van der Waals surface area contributed by atoms with Crippen LogP contribution in [-0.2, 0) is 20.9 Å². The quantitative estimate of drug-likeness (QED) is 0.461. The molecule has 0 radical (unpaired) electrons. The largest absolute Gasteiger partial charge is 0.496 e. The van der Waals surface area contributed by atoms with Crippen molar-refractivity contribution in [1.82, 2.24) is 0 Å². The van der Waals surface area contributed by atoms with E-state index in [4.69, 9.17) is 42.1 Å². The molecule has 0 fully saturated rings. The first-order chi connectivity index (χ1) is 13.5. The molecule has 2 rings (SSSR count). The summed E-state index contributed by atoms with van der Waals surface area (Å²) >= 11 is 12.0. The molecule has 0 aliphatic rings. The minimum Gasteiger partial charge on any atom is -0.496 e. The lowest BCUT2D eigenvalue weighted by Crippen LogP contribution is -2.14. The van der Waals surface area contributed by atoms with Crippen LogP contribution in [0.4, 0.5) is 0 Å². The van der Waals surface area contributed by atoms with Crippen molar-refractivity contribution in [2.75, 3.05) is 20.3 Å². The molecule has 0 heterocycles. The van der Waals surface area contributed by atoms with Gasteiger partial charge in [0.15, 0.2) is 0 Å². The third-order valence-electron chi connectivity index (χ3n) is 3.97. The van der Waals surface area contributed by atoms with Crippen LogP contribution in [-0.4, -0.2) is 26.3 Å². The van der Waals surface area contributed by atoms with Crippen molar-refractivity contribution in [3.8, 4) is 11.5 Å². The van der Waals surface area contributed by atoms with Gasteiger partial charge in [-0.1, -0.05) is 29.3 Å². The maximum atomic E-state index is 11.9. The molecule has 0 spiro atoms. The summed E-state index contributed by atoms with van der Waals surface area (Å²) in [4.78, 5) is 11.9. The number of ether oxygens (including phenoxy) is 4. The predicted octanol–water partition coefficient (Wildman–Crippen LogP) is 5.61. The van der Waals surface area contributed by atoms with Gasteiger partial charge in [0, 0.05) is 18.2 Å². The van der Waals surface area contributed by atoms with Crippen LogP contribution in [0.5, 0.6) is 11.5 Å². The number of benzene rings is 2. The van der Waals surface area contributed by atoms with Gasteiger partial charge >= 0.3 is 5.97 Å². The summed E-state index contributed by atoms with van der Waals surface area (Å²) in [5, 5.41) is 0.981. The fourth-order valence-electron chi connectivity index (χ4n) is 2.67. The average Bonchev–Trinajstić information content (AvgIpc) is 2.68. The summed E-state index contributed by atoms with van der Waals surface area (Å²) in [6.45, 7) is 4.77. The molecule has 28 heavy (non-hydrogen) atoms. The number of carbonyl (C=O) groups is 1. The van der Waals surface area contributed by atoms with Gasteiger partial charge in [-0.3, -0.25) is 4.79 Å². The fraction of sp³-hybridized carbons (Fsp3) is 0.381. The normalized spacial score (nSPS) is 11.8. The topological polar surface area (TPSA) is 54.0 Å². The van der Waals surface area contributed by atoms with Crippen LogP contribution in [0.25, 0.3) is 0 Å². The molecule has 0 aromatic heterocycles. The highest BCUT2D eigenvalue weighted by Crippen LogP contribution is 2.34. The van der Waals surface area contributed by atoms with Gasteiger partial charge in [0.25, 0.3) is 0 Å². The Labute approximate surface area is 175 Å². The number of carbonyl (C=O) groups excluding carboxylic acids is 1. The Bertz CT molecular complexity index is 794. The Morgan fingerprint density at radius 1 is 1.04 bits per heavy atom. The lowest BCUT2D eigenvalue weighted by molar-refractivity contribution is -0.146. The van der Waals surface area contributed by atoms with Crippen LogP contribution in [0.15, 0.2) is 36.4 Å². The second-order valence-electron chi connectivity index (χ2n) is 5.89. The standard InChI is InChI=1S/C21H24Cl2O5/c1-4-26-20(12-21(24)27-5-2)16-8-7-15(11-19(16)25-3)28-13-14-6-9-17(22)18(23)10-14/h6-11,20H,4-5,12-13H2,1-3H3/t20-/m1/s1. The zero-order valence-corrected chi connectivity index (χ0v) is 17.7. The SMILES string of the molecule is CCOC(=O)C[C@@H](OCC)c1ccc(OCc2ccc(Cl)c(Cl)c2)cc1OC. The molecule has 7 heteroatoms. The first-order valence-electron chi connectivity index (χ1n) is 9.00. The molecule has 0 aliphatic heterocycles. The molecular formula is C21H24Cl2O5. The highest BCUT2D eigenvalue weighted by atomic mass is 35.5. The highest BCUT2D eigenvalue weighted by Gasteiger charge is 2.21. The summed E-state index contributed by atoms with van der Waals surface area (Å²) in [5.41, 5.74) is 1.66. The third-order valence-corrected chi connectivity index (χ3v) is 4.71. The van der Waals surface area contributed by atoms with Crippen molar-refractivity contribution >= 4 is 29.2 Å². The molecule has 0 saturated heterocycles. The van der Waals surface area contributed by atoms with Gasteiger partial charge in [-0.15, -0.1) is 0 Å². The van der Waals surface area contributed by atoms with E-state index in [0.29, 0.717) is 41.4 Å². The van der Waals surface area contributed by atoms with Crippen LogP contribution in [0.1, 0.15) is 37.5 Å². The zero-order chi connectivity index (χ0) is 20.5. The number of hydrogen-bond donors (Lipinski definition) is 0. The molecule has 0 unspecified atom stereocenters. The van der Waals surface area contributed by atoms with E-state index in [0.717, 1.165) is 11.1 Å².